The van der Waals surface area contributed by atoms with Crippen molar-refractivity contribution in [3.05, 3.63) is 5.92 Å². The number of nitrogens with one attached hydrogen (secondary N) is 1. The molecular weight excluding hydrogens is 211 g/mol. The van der Waals surface area contributed by atoms with Crippen LogP contribution in [0.4, 0.5) is 0 Å². The van der Waals surface area contributed by atoms with Crippen molar-refractivity contribution >= 4 is 0 Å². The minimum absolute atomic E-state index is 0. The molecule has 60 valence electrons. The van der Waals surface area contributed by atoms with Crippen molar-refractivity contribution in [1.29, 1.82) is 0 Å². The molecule has 1 heterocycles. The molecule has 0 spiro atoms. The monoisotopic (exact) mass is 229 g/mol. The molecule has 0 aromatic heterocycles. The maximum Gasteiger partial charge on any atom is 3.00 e. The van der Waals surface area contributed by atoms with Gasteiger partial charge >= 0.3 is 32.7 Å². The molecule has 1 N–H and O–H groups in total. The first-order chi connectivity index (χ1) is 4.51. The standard InChI is InChI=1S/C9H18N.Y/c1-7(2)8-5-9(3,4)6-10-8;/h8,10H,5-6H2,1-4H3;/q-1;+3. The van der Waals surface area contributed by atoms with Crippen molar-refractivity contribution < 1.29 is 32.7 Å². The van der Waals surface area contributed by atoms with E-state index in [0.29, 0.717) is 11.5 Å². The summed E-state index contributed by atoms with van der Waals surface area (Å²) in [6.45, 7) is 10.2. The average Bonchev–Trinajstić information content (AvgIpc) is 2.10. The Kier molecular flexibility index (Phi) is 4.76. The quantitative estimate of drug-likeness (QED) is 0.678. The molecule has 1 nitrogen and oxygen atoms in total. The summed E-state index contributed by atoms with van der Waals surface area (Å²) in [6, 6.07) is 0.676. The van der Waals surface area contributed by atoms with Crippen LogP contribution in [0.25, 0.3) is 0 Å². The van der Waals surface area contributed by atoms with E-state index in [0.717, 1.165) is 0 Å². The van der Waals surface area contributed by atoms with Crippen LogP contribution in [-0.4, -0.2) is 12.6 Å². The molecule has 2 heteroatoms. The van der Waals surface area contributed by atoms with E-state index in [1.807, 2.05) is 0 Å². The molecule has 0 aromatic rings. The predicted molar refractivity (Wildman–Crippen MR) is 44.8 cm³/mol. The Morgan fingerprint density at radius 3 is 2.09 bits per heavy atom. The van der Waals surface area contributed by atoms with Gasteiger partial charge in [-0.15, -0.1) is 6.04 Å². The molecule has 1 aliphatic heterocycles. The summed E-state index contributed by atoms with van der Waals surface area (Å²) in [5.41, 5.74) is 0.516. The maximum atomic E-state index is 3.51. The van der Waals surface area contributed by atoms with Gasteiger partial charge in [0.2, 0.25) is 0 Å². The van der Waals surface area contributed by atoms with Crippen molar-refractivity contribution in [2.75, 3.05) is 6.54 Å². The van der Waals surface area contributed by atoms with Crippen LogP contribution in [0.1, 0.15) is 34.1 Å². The van der Waals surface area contributed by atoms with E-state index in [4.69, 9.17) is 0 Å². The molecule has 0 radical (unpaired) electrons. The van der Waals surface area contributed by atoms with Gasteiger partial charge < -0.3 is 11.2 Å². The second kappa shape index (κ2) is 4.34. The van der Waals surface area contributed by atoms with E-state index < -0.39 is 0 Å². The second-order valence-corrected chi connectivity index (χ2v) is 4.38. The van der Waals surface area contributed by atoms with Crippen molar-refractivity contribution in [1.82, 2.24) is 5.32 Å². The molecule has 1 atom stereocenters. The second-order valence-electron chi connectivity index (χ2n) is 4.38. The van der Waals surface area contributed by atoms with E-state index >= 15 is 0 Å². The topological polar surface area (TPSA) is 12.0 Å². The molecule has 1 rings (SSSR count). The fourth-order valence-corrected chi connectivity index (χ4v) is 1.50. The van der Waals surface area contributed by atoms with Gasteiger partial charge in [-0.05, 0) is 12.0 Å². The van der Waals surface area contributed by atoms with Crippen molar-refractivity contribution in [2.45, 2.75) is 40.2 Å². The van der Waals surface area contributed by atoms with Crippen molar-refractivity contribution in [3.63, 3.8) is 0 Å². The Morgan fingerprint density at radius 1 is 1.36 bits per heavy atom. The minimum Gasteiger partial charge on any atom is -0.342 e. The summed E-state index contributed by atoms with van der Waals surface area (Å²) in [7, 11) is 0. The van der Waals surface area contributed by atoms with Crippen LogP contribution in [0.2, 0.25) is 0 Å². The van der Waals surface area contributed by atoms with Crippen LogP contribution >= 0.6 is 0 Å². The predicted octanol–water partition coefficient (Wildman–Crippen LogP) is 1.99. The summed E-state index contributed by atoms with van der Waals surface area (Å²) >= 11 is 0. The third-order valence-corrected chi connectivity index (χ3v) is 2.28. The van der Waals surface area contributed by atoms with Crippen LogP contribution in [0, 0.1) is 11.3 Å². The van der Waals surface area contributed by atoms with E-state index in [2.05, 4.69) is 33.0 Å². The smallest absolute Gasteiger partial charge is 0.342 e. The van der Waals surface area contributed by atoms with Crippen molar-refractivity contribution in [2.24, 2.45) is 5.41 Å². The SMILES string of the molecule is C[C-](C)C1CC(C)(C)CN1.[Y+3]. The van der Waals surface area contributed by atoms with Crippen LogP contribution < -0.4 is 5.32 Å². The van der Waals surface area contributed by atoms with Gasteiger partial charge in [-0.25, -0.2) is 0 Å². The minimum atomic E-state index is 0. The normalized spacial score (nSPS) is 28.6. The molecule has 0 aliphatic carbocycles. The molecule has 11 heavy (non-hydrogen) atoms. The van der Waals surface area contributed by atoms with Gasteiger partial charge in [-0.3, -0.25) is 0 Å². The summed E-state index contributed by atoms with van der Waals surface area (Å²) in [6.07, 6.45) is 1.30. The Morgan fingerprint density at radius 2 is 1.91 bits per heavy atom. The molecule has 1 unspecified atom stereocenters. The zero-order chi connectivity index (χ0) is 7.78. The van der Waals surface area contributed by atoms with Gasteiger partial charge in [0.05, 0.1) is 0 Å². The molecule has 0 amide bonds. The first-order valence-corrected chi connectivity index (χ1v) is 4.05. The van der Waals surface area contributed by atoms with Crippen LogP contribution in [0.3, 0.4) is 0 Å². The van der Waals surface area contributed by atoms with Crippen LogP contribution in [-0.2, 0) is 32.7 Å². The zero-order valence-corrected chi connectivity index (χ0v) is 10.9. The Hall–Kier alpha value is 1.06. The van der Waals surface area contributed by atoms with E-state index in [1.165, 1.54) is 18.9 Å². The Bertz CT molecular complexity index is 121. The van der Waals surface area contributed by atoms with Crippen LogP contribution in [0.5, 0.6) is 0 Å². The third-order valence-electron chi connectivity index (χ3n) is 2.28. The molecule has 0 bridgehead atoms. The van der Waals surface area contributed by atoms with Gasteiger partial charge in [0, 0.05) is 0 Å². The van der Waals surface area contributed by atoms with Gasteiger partial charge in [-0.1, -0.05) is 20.3 Å². The fourth-order valence-electron chi connectivity index (χ4n) is 1.50. The third kappa shape index (κ3) is 3.52. The van der Waals surface area contributed by atoms with Gasteiger partial charge in [0.15, 0.2) is 0 Å². The van der Waals surface area contributed by atoms with Gasteiger partial charge in [0.1, 0.15) is 0 Å². The molecule has 1 saturated heterocycles. The molecule has 1 fully saturated rings. The molecule has 1 aliphatic rings. The molecular formula is C9H18NY+2. The Balaban J connectivity index is 0.000001000. The van der Waals surface area contributed by atoms with E-state index in [9.17, 15) is 0 Å². The van der Waals surface area contributed by atoms with E-state index in [1.54, 1.807) is 0 Å². The fraction of sp³-hybridized carbons (Fsp3) is 0.889. The van der Waals surface area contributed by atoms with Gasteiger partial charge in [0.25, 0.3) is 0 Å². The number of hydrogen-bond acceptors (Lipinski definition) is 1. The summed E-state index contributed by atoms with van der Waals surface area (Å²) in [5.74, 6) is 1.52. The molecule has 0 saturated carbocycles. The zero-order valence-electron chi connectivity index (χ0n) is 8.07. The van der Waals surface area contributed by atoms with E-state index in [-0.39, 0.29) is 32.7 Å². The van der Waals surface area contributed by atoms with Gasteiger partial charge in [-0.2, -0.15) is 13.8 Å². The first kappa shape index (κ1) is 12.1. The largest absolute Gasteiger partial charge is 3.00 e. The number of rotatable bonds is 1. The summed E-state index contributed by atoms with van der Waals surface area (Å²) < 4.78 is 0. The summed E-state index contributed by atoms with van der Waals surface area (Å²) in [4.78, 5) is 0. The number of hydrogen-bond donors (Lipinski definition) is 1. The molecule has 0 aromatic carbocycles. The van der Waals surface area contributed by atoms with Crippen LogP contribution in [0.15, 0.2) is 0 Å². The maximum absolute atomic E-state index is 3.51. The Labute approximate surface area is 95.6 Å². The van der Waals surface area contributed by atoms with Crippen molar-refractivity contribution in [3.8, 4) is 0 Å². The summed E-state index contributed by atoms with van der Waals surface area (Å²) in [5, 5.41) is 3.51. The first-order valence-electron chi connectivity index (χ1n) is 4.05. The average molecular weight is 229 g/mol.